The monoisotopic (exact) mass is 207 g/mol. The number of carbonyl (C=O) groups is 1. The first kappa shape index (κ1) is 13.7. The predicted molar refractivity (Wildman–Crippen MR) is 66.0 cm³/mol. The zero-order valence-corrected chi connectivity index (χ0v) is 10.3. The number of anilines is 1. The van der Waals surface area contributed by atoms with Gasteiger partial charge in [0.05, 0.1) is 0 Å². The summed E-state index contributed by atoms with van der Waals surface area (Å²) in [7, 11) is 0. The Morgan fingerprint density at radius 3 is 2.00 bits per heavy atom. The molecular weight excluding hydrogens is 186 g/mol. The van der Waals surface area contributed by atoms with Crippen LogP contribution in [0.5, 0.6) is 0 Å². The Bertz CT molecular complexity index is 288. The smallest absolute Gasteiger partial charge is 0.226 e. The van der Waals surface area contributed by atoms with Crippen LogP contribution in [0.25, 0.3) is 0 Å². The molecular formula is C13H21NO. The maximum Gasteiger partial charge on any atom is 0.226 e. The first-order valence-electron chi connectivity index (χ1n) is 5.47. The van der Waals surface area contributed by atoms with Gasteiger partial charge in [-0.05, 0) is 19.1 Å². The fourth-order valence-corrected chi connectivity index (χ4v) is 0.923. The molecule has 0 unspecified atom stereocenters. The van der Waals surface area contributed by atoms with Gasteiger partial charge >= 0.3 is 0 Å². The van der Waals surface area contributed by atoms with Crippen molar-refractivity contribution in [3.8, 4) is 0 Å². The van der Waals surface area contributed by atoms with Gasteiger partial charge in [-0.3, -0.25) is 4.79 Å². The summed E-state index contributed by atoms with van der Waals surface area (Å²) >= 11 is 0. The first-order chi connectivity index (χ1) is 7.09. The van der Waals surface area contributed by atoms with Gasteiger partial charge in [0, 0.05) is 11.6 Å². The van der Waals surface area contributed by atoms with E-state index in [-0.39, 0.29) is 11.8 Å². The molecule has 0 aliphatic rings. The molecule has 0 saturated heterocycles. The van der Waals surface area contributed by atoms with Crippen LogP contribution in [0.2, 0.25) is 0 Å². The van der Waals surface area contributed by atoms with E-state index in [0.717, 1.165) is 5.69 Å². The van der Waals surface area contributed by atoms with Gasteiger partial charge in [0.15, 0.2) is 0 Å². The quantitative estimate of drug-likeness (QED) is 0.788. The van der Waals surface area contributed by atoms with Crippen molar-refractivity contribution >= 4 is 11.6 Å². The Labute approximate surface area is 92.7 Å². The van der Waals surface area contributed by atoms with E-state index in [0.29, 0.717) is 0 Å². The van der Waals surface area contributed by atoms with Crippen molar-refractivity contribution in [3.63, 3.8) is 0 Å². The molecule has 0 heterocycles. The van der Waals surface area contributed by atoms with Gasteiger partial charge in [0.1, 0.15) is 0 Å². The second-order valence-corrected chi connectivity index (χ2v) is 3.51. The highest BCUT2D eigenvalue weighted by atomic mass is 16.1. The van der Waals surface area contributed by atoms with Crippen LogP contribution in [-0.4, -0.2) is 5.91 Å². The maximum atomic E-state index is 11.3. The highest BCUT2D eigenvalue weighted by Gasteiger charge is 2.05. The first-order valence-corrected chi connectivity index (χ1v) is 5.47. The van der Waals surface area contributed by atoms with Crippen LogP contribution in [0.3, 0.4) is 0 Å². The molecule has 84 valence electrons. The van der Waals surface area contributed by atoms with E-state index in [2.05, 4.69) is 5.32 Å². The van der Waals surface area contributed by atoms with Crippen LogP contribution in [0.15, 0.2) is 24.3 Å². The number of aryl methyl sites for hydroxylation is 1. The number of carbonyl (C=O) groups excluding carboxylic acids is 1. The Hall–Kier alpha value is -1.31. The van der Waals surface area contributed by atoms with Crippen LogP contribution in [-0.2, 0) is 4.79 Å². The molecule has 15 heavy (non-hydrogen) atoms. The lowest BCUT2D eigenvalue weighted by Gasteiger charge is -2.07. The number of hydrogen-bond acceptors (Lipinski definition) is 1. The summed E-state index contributed by atoms with van der Waals surface area (Å²) in [5.74, 6) is 0.0881. The Kier molecular flexibility index (Phi) is 6.43. The van der Waals surface area contributed by atoms with Crippen molar-refractivity contribution in [1.29, 1.82) is 0 Å². The van der Waals surface area contributed by atoms with Crippen molar-refractivity contribution in [2.45, 2.75) is 34.6 Å². The average Bonchev–Trinajstić information content (AvgIpc) is 2.24. The molecule has 0 radical (unpaired) electrons. The Balaban J connectivity index is 0.000000921. The minimum absolute atomic E-state index is 0.0290. The van der Waals surface area contributed by atoms with E-state index >= 15 is 0 Å². The van der Waals surface area contributed by atoms with Gasteiger partial charge in [-0.2, -0.15) is 0 Å². The van der Waals surface area contributed by atoms with Crippen molar-refractivity contribution in [3.05, 3.63) is 29.8 Å². The molecule has 0 aliphatic carbocycles. The molecule has 0 spiro atoms. The summed E-state index contributed by atoms with van der Waals surface area (Å²) in [6.45, 7) is 9.78. The largest absolute Gasteiger partial charge is 0.326 e. The minimum Gasteiger partial charge on any atom is -0.326 e. The number of amides is 1. The molecule has 0 bridgehead atoms. The van der Waals surface area contributed by atoms with Crippen LogP contribution >= 0.6 is 0 Å². The molecule has 0 atom stereocenters. The van der Waals surface area contributed by atoms with Crippen molar-refractivity contribution in [2.75, 3.05) is 5.32 Å². The Morgan fingerprint density at radius 2 is 1.60 bits per heavy atom. The molecule has 2 heteroatoms. The van der Waals surface area contributed by atoms with E-state index < -0.39 is 0 Å². The third-order valence-electron chi connectivity index (χ3n) is 1.84. The molecule has 0 aliphatic heterocycles. The summed E-state index contributed by atoms with van der Waals surface area (Å²) in [4.78, 5) is 11.3. The molecule has 0 saturated carbocycles. The molecule has 2 nitrogen and oxygen atoms in total. The molecule has 0 fully saturated rings. The van der Waals surface area contributed by atoms with Gasteiger partial charge in [-0.1, -0.05) is 45.4 Å². The van der Waals surface area contributed by atoms with Gasteiger partial charge in [-0.15, -0.1) is 0 Å². The topological polar surface area (TPSA) is 29.1 Å². The van der Waals surface area contributed by atoms with Gasteiger partial charge < -0.3 is 5.32 Å². The molecule has 1 aromatic rings. The van der Waals surface area contributed by atoms with E-state index in [9.17, 15) is 4.79 Å². The third kappa shape index (κ3) is 5.21. The SMILES string of the molecule is CC.Cc1ccc(NC(=O)C(C)C)cc1. The number of hydrogen-bond donors (Lipinski definition) is 1. The fourth-order valence-electron chi connectivity index (χ4n) is 0.923. The zero-order valence-electron chi connectivity index (χ0n) is 10.3. The van der Waals surface area contributed by atoms with Gasteiger partial charge in [0.2, 0.25) is 5.91 Å². The summed E-state index contributed by atoms with van der Waals surface area (Å²) in [6, 6.07) is 7.79. The van der Waals surface area contributed by atoms with Crippen LogP contribution < -0.4 is 5.32 Å². The van der Waals surface area contributed by atoms with Gasteiger partial charge in [-0.25, -0.2) is 0 Å². The highest BCUT2D eigenvalue weighted by molar-refractivity contribution is 5.91. The van der Waals surface area contributed by atoms with Gasteiger partial charge in [0.25, 0.3) is 0 Å². The summed E-state index contributed by atoms with van der Waals surface area (Å²) in [6.07, 6.45) is 0. The van der Waals surface area contributed by atoms with Crippen LogP contribution in [0.1, 0.15) is 33.3 Å². The summed E-state index contributed by atoms with van der Waals surface area (Å²) in [5, 5.41) is 2.83. The van der Waals surface area contributed by atoms with E-state index in [1.54, 1.807) is 0 Å². The lowest BCUT2D eigenvalue weighted by atomic mass is 10.2. The van der Waals surface area contributed by atoms with Crippen molar-refractivity contribution < 1.29 is 4.79 Å². The van der Waals surface area contributed by atoms with E-state index in [4.69, 9.17) is 0 Å². The summed E-state index contributed by atoms with van der Waals surface area (Å²) in [5.41, 5.74) is 2.06. The average molecular weight is 207 g/mol. The summed E-state index contributed by atoms with van der Waals surface area (Å²) < 4.78 is 0. The Morgan fingerprint density at radius 1 is 1.13 bits per heavy atom. The molecule has 1 amide bonds. The number of rotatable bonds is 2. The van der Waals surface area contributed by atoms with Crippen molar-refractivity contribution in [1.82, 2.24) is 0 Å². The molecule has 1 rings (SSSR count). The maximum absolute atomic E-state index is 11.3. The number of nitrogens with one attached hydrogen (secondary N) is 1. The second-order valence-electron chi connectivity index (χ2n) is 3.51. The van der Waals surface area contributed by atoms with E-state index in [1.807, 2.05) is 58.9 Å². The third-order valence-corrected chi connectivity index (χ3v) is 1.84. The lowest BCUT2D eigenvalue weighted by Crippen LogP contribution is -2.17. The lowest BCUT2D eigenvalue weighted by molar-refractivity contribution is -0.118. The number of benzene rings is 1. The van der Waals surface area contributed by atoms with Crippen molar-refractivity contribution in [2.24, 2.45) is 5.92 Å². The zero-order chi connectivity index (χ0) is 11.8. The van der Waals surface area contributed by atoms with Crippen LogP contribution in [0.4, 0.5) is 5.69 Å². The van der Waals surface area contributed by atoms with Crippen LogP contribution in [0, 0.1) is 12.8 Å². The molecule has 1 N–H and O–H groups in total. The molecule has 0 aromatic heterocycles. The predicted octanol–water partition coefficient (Wildman–Crippen LogP) is 3.62. The normalized spacial score (nSPS) is 9.20. The standard InChI is InChI=1S/C11H15NO.C2H6/c1-8(2)11(13)12-10-6-4-9(3)5-7-10;1-2/h4-8H,1-3H3,(H,12,13);1-2H3. The van der Waals surface area contributed by atoms with E-state index in [1.165, 1.54) is 5.56 Å². The second kappa shape index (κ2) is 7.04. The minimum atomic E-state index is 0.0290. The fraction of sp³-hybridized carbons (Fsp3) is 0.462. The highest BCUT2D eigenvalue weighted by Crippen LogP contribution is 2.09. The molecule has 1 aromatic carbocycles.